The average molecular weight is 355 g/mol. The van der Waals surface area contributed by atoms with Gasteiger partial charge in [-0.05, 0) is 55.5 Å². The Balaban J connectivity index is 2.11. The summed E-state index contributed by atoms with van der Waals surface area (Å²) in [5.74, 6) is 1.52. The van der Waals surface area contributed by atoms with Crippen molar-refractivity contribution in [2.24, 2.45) is 0 Å². The number of carbonyl (C=O) groups excluding carboxylic acids is 1. The molecular formula is C22H29NO3. The molecular weight excluding hydrogens is 326 g/mol. The second-order valence-corrected chi connectivity index (χ2v) is 6.48. The molecule has 2 aromatic carbocycles. The maximum Gasteiger partial charge on any atom is 0.261 e. The third kappa shape index (κ3) is 4.78. The number of aryl methyl sites for hydroxylation is 2. The quantitative estimate of drug-likeness (QED) is 0.744. The second-order valence-electron chi connectivity index (χ2n) is 6.48. The predicted octanol–water partition coefficient (Wildman–Crippen LogP) is 4.74. The first-order valence-corrected chi connectivity index (χ1v) is 9.17. The number of para-hydroxylation sites is 1. The van der Waals surface area contributed by atoms with E-state index in [1.54, 1.807) is 7.11 Å². The fraction of sp³-hybridized carbons (Fsp3) is 0.409. The van der Waals surface area contributed by atoms with Crippen molar-refractivity contribution in [2.75, 3.05) is 7.11 Å². The number of hydrogen-bond donors (Lipinski definition) is 1. The summed E-state index contributed by atoms with van der Waals surface area (Å²) < 4.78 is 11.3. The molecule has 0 radical (unpaired) electrons. The number of amides is 1. The molecule has 2 atom stereocenters. The minimum absolute atomic E-state index is 0.0540. The lowest BCUT2D eigenvalue weighted by atomic mass is 10.0. The molecule has 0 aromatic heterocycles. The number of carbonyl (C=O) groups is 1. The number of hydrogen-bond acceptors (Lipinski definition) is 3. The summed E-state index contributed by atoms with van der Waals surface area (Å²) in [5.41, 5.74) is 3.15. The van der Waals surface area contributed by atoms with Crippen LogP contribution in [0.4, 0.5) is 0 Å². The van der Waals surface area contributed by atoms with Crippen LogP contribution in [0.5, 0.6) is 11.5 Å². The predicted molar refractivity (Wildman–Crippen MR) is 105 cm³/mol. The zero-order valence-electron chi connectivity index (χ0n) is 16.3. The first-order valence-electron chi connectivity index (χ1n) is 9.17. The lowest BCUT2D eigenvalue weighted by Crippen LogP contribution is -2.40. The topological polar surface area (TPSA) is 47.6 Å². The molecule has 2 rings (SSSR count). The summed E-state index contributed by atoms with van der Waals surface area (Å²) in [6.45, 7) is 8.01. The zero-order chi connectivity index (χ0) is 19.1. The fourth-order valence-corrected chi connectivity index (χ4v) is 2.97. The van der Waals surface area contributed by atoms with Gasteiger partial charge in [-0.2, -0.15) is 0 Å². The lowest BCUT2D eigenvalue weighted by molar-refractivity contribution is -0.129. The van der Waals surface area contributed by atoms with Crippen LogP contribution in [-0.4, -0.2) is 19.1 Å². The number of benzene rings is 2. The highest BCUT2D eigenvalue weighted by molar-refractivity contribution is 5.81. The molecule has 0 spiro atoms. The van der Waals surface area contributed by atoms with Crippen LogP contribution in [0.2, 0.25) is 0 Å². The summed E-state index contributed by atoms with van der Waals surface area (Å²) in [7, 11) is 1.66. The van der Waals surface area contributed by atoms with Gasteiger partial charge in [0.15, 0.2) is 6.10 Å². The van der Waals surface area contributed by atoms with E-state index in [1.807, 2.05) is 57.2 Å². The Morgan fingerprint density at radius 1 is 1.00 bits per heavy atom. The molecule has 0 saturated heterocycles. The van der Waals surface area contributed by atoms with Crippen molar-refractivity contribution < 1.29 is 14.3 Å². The Bertz CT molecular complexity index is 742. The third-order valence-corrected chi connectivity index (χ3v) is 4.57. The SMILES string of the molecule is CC[C@H](NC(=O)[C@@H](CC)Oc1ccccc1C)c1ccc(OC)c(C)c1. The van der Waals surface area contributed by atoms with Crippen LogP contribution in [0.3, 0.4) is 0 Å². The average Bonchev–Trinajstić information content (AvgIpc) is 2.65. The monoisotopic (exact) mass is 355 g/mol. The minimum Gasteiger partial charge on any atom is -0.496 e. The van der Waals surface area contributed by atoms with Gasteiger partial charge in [0.05, 0.1) is 13.2 Å². The van der Waals surface area contributed by atoms with Crippen LogP contribution in [0.25, 0.3) is 0 Å². The van der Waals surface area contributed by atoms with Crippen molar-refractivity contribution in [1.29, 1.82) is 0 Å². The van der Waals surface area contributed by atoms with E-state index < -0.39 is 6.10 Å². The first-order chi connectivity index (χ1) is 12.5. The van der Waals surface area contributed by atoms with Crippen LogP contribution in [0.1, 0.15) is 49.4 Å². The number of rotatable bonds is 8. The molecule has 0 aliphatic heterocycles. The lowest BCUT2D eigenvalue weighted by Gasteiger charge is -2.23. The summed E-state index contributed by atoms with van der Waals surface area (Å²) in [6, 6.07) is 13.7. The van der Waals surface area contributed by atoms with Crippen molar-refractivity contribution >= 4 is 5.91 Å². The Hall–Kier alpha value is -2.49. The summed E-state index contributed by atoms with van der Waals surface area (Å²) in [6.07, 6.45) is 0.904. The molecule has 26 heavy (non-hydrogen) atoms. The van der Waals surface area contributed by atoms with Crippen molar-refractivity contribution in [2.45, 2.75) is 52.7 Å². The van der Waals surface area contributed by atoms with Crippen molar-refractivity contribution in [3.8, 4) is 11.5 Å². The van der Waals surface area contributed by atoms with Gasteiger partial charge in [0.25, 0.3) is 5.91 Å². The van der Waals surface area contributed by atoms with Crippen molar-refractivity contribution in [3.63, 3.8) is 0 Å². The van der Waals surface area contributed by atoms with Gasteiger partial charge >= 0.3 is 0 Å². The number of methoxy groups -OCH3 is 1. The number of ether oxygens (including phenoxy) is 2. The molecule has 1 N–H and O–H groups in total. The maximum absolute atomic E-state index is 12.8. The second kappa shape index (κ2) is 9.27. The zero-order valence-corrected chi connectivity index (χ0v) is 16.3. The highest BCUT2D eigenvalue weighted by atomic mass is 16.5. The van der Waals surface area contributed by atoms with E-state index in [4.69, 9.17) is 9.47 Å². The van der Waals surface area contributed by atoms with Crippen LogP contribution >= 0.6 is 0 Å². The molecule has 4 nitrogen and oxygen atoms in total. The van der Waals surface area contributed by atoms with Crippen LogP contribution in [0.15, 0.2) is 42.5 Å². The highest BCUT2D eigenvalue weighted by Gasteiger charge is 2.22. The molecule has 0 heterocycles. The van der Waals surface area contributed by atoms with E-state index in [9.17, 15) is 4.79 Å². The van der Waals surface area contributed by atoms with Crippen molar-refractivity contribution in [3.05, 3.63) is 59.2 Å². The molecule has 0 saturated carbocycles. The van der Waals surface area contributed by atoms with Gasteiger partial charge < -0.3 is 14.8 Å². The Kier molecular flexibility index (Phi) is 7.07. The van der Waals surface area contributed by atoms with Gasteiger partial charge in [0.1, 0.15) is 11.5 Å². The van der Waals surface area contributed by atoms with E-state index in [2.05, 4.69) is 18.3 Å². The van der Waals surface area contributed by atoms with Crippen LogP contribution < -0.4 is 14.8 Å². The van der Waals surface area contributed by atoms with Gasteiger partial charge in [0.2, 0.25) is 0 Å². The molecule has 0 aliphatic carbocycles. The first kappa shape index (κ1) is 19.8. The standard InChI is InChI=1S/C22H29NO3/c1-6-18(17-12-13-20(25-5)16(4)14-17)23-22(24)19(7-2)26-21-11-9-8-10-15(21)3/h8-14,18-19H,6-7H2,1-5H3,(H,23,24)/t18-,19+/m0/s1. The van der Waals surface area contributed by atoms with E-state index in [1.165, 1.54) is 0 Å². The largest absolute Gasteiger partial charge is 0.496 e. The summed E-state index contributed by atoms with van der Waals surface area (Å²) in [5, 5.41) is 3.13. The van der Waals surface area contributed by atoms with Gasteiger partial charge in [0, 0.05) is 0 Å². The fourth-order valence-electron chi connectivity index (χ4n) is 2.97. The van der Waals surface area contributed by atoms with E-state index >= 15 is 0 Å². The van der Waals surface area contributed by atoms with Gasteiger partial charge in [-0.3, -0.25) is 4.79 Å². The summed E-state index contributed by atoms with van der Waals surface area (Å²) in [4.78, 5) is 12.8. The minimum atomic E-state index is -0.510. The molecule has 2 aromatic rings. The maximum atomic E-state index is 12.8. The Morgan fingerprint density at radius 2 is 1.73 bits per heavy atom. The van der Waals surface area contributed by atoms with E-state index in [-0.39, 0.29) is 11.9 Å². The van der Waals surface area contributed by atoms with Crippen LogP contribution in [-0.2, 0) is 4.79 Å². The highest BCUT2D eigenvalue weighted by Crippen LogP contribution is 2.25. The molecule has 1 amide bonds. The molecule has 0 fully saturated rings. The van der Waals surface area contributed by atoms with Gasteiger partial charge in [-0.1, -0.05) is 44.2 Å². The summed E-state index contributed by atoms with van der Waals surface area (Å²) >= 11 is 0. The molecule has 140 valence electrons. The molecule has 0 aliphatic rings. The van der Waals surface area contributed by atoms with E-state index in [0.29, 0.717) is 6.42 Å². The Morgan fingerprint density at radius 3 is 2.31 bits per heavy atom. The van der Waals surface area contributed by atoms with Crippen molar-refractivity contribution in [1.82, 2.24) is 5.32 Å². The molecule has 4 heteroatoms. The number of nitrogens with one attached hydrogen (secondary N) is 1. The molecule has 0 bridgehead atoms. The normalized spacial score (nSPS) is 13.0. The van der Waals surface area contributed by atoms with E-state index in [0.717, 1.165) is 34.6 Å². The van der Waals surface area contributed by atoms with Gasteiger partial charge in [-0.25, -0.2) is 0 Å². The van der Waals surface area contributed by atoms with Crippen LogP contribution in [0, 0.1) is 13.8 Å². The third-order valence-electron chi connectivity index (χ3n) is 4.57. The van der Waals surface area contributed by atoms with Gasteiger partial charge in [-0.15, -0.1) is 0 Å². The Labute approximate surface area is 156 Å². The smallest absolute Gasteiger partial charge is 0.261 e. The molecule has 0 unspecified atom stereocenters.